The zero-order chi connectivity index (χ0) is 20.9. The number of benzene rings is 3. The molecule has 3 aromatic rings. The molecule has 0 aliphatic carbocycles. The van der Waals surface area contributed by atoms with E-state index in [2.05, 4.69) is 5.43 Å². The van der Waals surface area contributed by atoms with Crippen LogP contribution in [-0.2, 0) is 0 Å². The van der Waals surface area contributed by atoms with Gasteiger partial charge in [-0.3, -0.25) is 20.9 Å². The third-order valence-corrected chi connectivity index (χ3v) is 4.36. The molecule has 162 valence electrons. The van der Waals surface area contributed by atoms with Crippen LogP contribution in [0.4, 0.5) is 0 Å². The third kappa shape index (κ3) is 7.38. The van der Waals surface area contributed by atoms with E-state index in [1.165, 1.54) is 0 Å². The monoisotopic (exact) mass is 468 g/mol. The molecule has 0 spiro atoms. The minimum Gasteiger partial charge on any atom is -0.289 e. The summed E-state index contributed by atoms with van der Waals surface area (Å²) in [6.45, 7) is 7.82. The van der Waals surface area contributed by atoms with Crippen LogP contribution in [0.1, 0.15) is 52.6 Å². The highest BCUT2D eigenvalue weighted by Gasteiger charge is 2.19. The van der Waals surface area contributed by atoms with Crippen LogP contribution in [0.2, 0.25) is 0 Å². The molecule has 7 heteroatoms. The van der Waals surface area contributed by atoms with E-state index in [4.69, 9.17) is 17.4 Å². The van der Waals surface area contributed by atoms with Gasteiger partial charge >= 0.3 is 0 Å². The molecule has 0 amide bonds. The second kappa shape index (κ2) is 12.0. The van der Waals surface area contributed by atoms with Crippen molar-refractivity contribution in [1.82, 2.24) is 5.43 Å². The third-order valence-electron chi connectivity index (χ3n) is 4.16. The molecule has 0 bridgehead atoms. The standard InChI is InChI=1S/C19H13ClO2.C4H12N2.2ClH/c1-12-5-4-8-16(19(20)22)17(12)18(21)15-10-9-13-6-2-3-7-14(13)11-15;1-4(2,3)6-5;;/h2-11H,1H3;6H,5H2,1-3H3;2*1H. The summed E-state index contributed by atoms with van der Waals surface area (Å²) < 4.78 is 0. The maximum atomic E-state index is 12.8. The van der Waals surface area contributed by atoms with Gasteiger partial charge in [0.1, 0.15) is 0 Å². The number of ketones is 1. The Labute approximate surface area is 195 Å². The lowest BCUT2D eigenvalue weighted by molar-refractivity contribution is 0.102. The SMILES string of the molecule is CC(C)(C)NN.Cc1cccc(C(=O)Cl)c1C(=O)c1ccc2ccccc2c1.Cl.Cl. The highest BCUT2D eigenvalue weighted by molar-refractivity contribution is 6.68. The lowest BCUT2D eigenvalue weighted by atomic mass is 9.93. The molecule has 30 heavy (non-hydrogen) atoms. The van der Waals surface area contributed by atoms with Crippen molar-refractivity contribution in [2.45, 2.75) is 33.2 Å². The zero-order valence-corrected chi connectivity index (χ0v) is 19.8. The van der Waals surface area contributed by atoms with Gasteiger partial charge < -0.3 is 0 Å². The summed E-state index contributed by atoms with van der Waals surface area (Å²) in [5.41, 5.74) is 4.59. The number of halogens is 3. The fraction of sp³-hybridized carbons (Fsp3) is 0.217. The quantitative estimate of drug-likeness (QED) is 0.218. The molecule has 0 aliphatic rings. The van der Waals surface area contributed by atoms with Crippen LogP contribution in [-0.4, -0.2) is 16.6 Å². The zero-order valence-electron chi connectivity index (χ0n) is 17.4. The van der Waals surface area contributed by atoms with Crippen LogP contribution >= 0.6 is 36.4 Å². The predicted octanol–water partition coefficient (Wildman–Crippen LogP) is 5.85. The number of carbonyl (C=O) groups excluding carboxylic acids is 2. The van der Waals surface area contributed by atoms with Crippen LogP contribution < -0.4 is 11.3 Å². The van der Waals surface area contributed by atoms with E-state index in [1.54, 1.807) is 31.2 Å². The fourth-order valence-corrected chi connectivity index (χ4v) is 2.77. The van der Waals surface area contributed by atoms with Crippen LogP contribution in [0, 0.1) is 6.92 Å². The van der Waals surface area contributed by atoms with Gasteiger partial charge in [0.15, 0.2) is 5.78 Å². The number of hydrogen-bond acceptors (Lipinski definition) is 4. The molecule has 0 unspecified atom stereocenters. The highest BCUT2D eigenvalue weighted by Crippen LogP contribution is 2.23. The summed E-state index contributed by atoms with van der Waals surface area (Å²) in [4.78, 5) is 24.4. The molecule has 0 radical (unpaired) electrons. The summed E-state index contributed by atoms with van der Waals surface area (Å²) in [5, 5.41) is 1.44. The van der Waals surface area contributed by atoms with Crippen LogP contribution in [0.5, 0.6) is 0 Å². The van der Waals surface area contributed by atoms with Crippen molar-refractivity contribution >= 4 is 58.2 Å². The molecule has 0 aliphatic heterocycles. The number of hydrazine groups is 1. The molecule has 0 aromatic heterocycles. The summed E-state index contributed by atoms with van der Waals surface area (Å²) >= 11 is 5.62. The van der Waals surface area contributed by atoms with E-state index in [-0.39, 0.29) is 41.7 Å². The van der Waals surface area contributed by atoms with Gasteiger partial charge in [0.25, 0.3) is 5.24 Å². The number of carbonyl (C=O) groups is 2. The van der Waals surface area contributed by atoms with E-state index >= 15 is 0 Å². The molecule has 3 N–H and O–H groups in total. The first-order valence-corrected chi connectivity index (χ1v) is 9.32. The molecular weight excluding hydrogens is 443 g/mol. The second-order valence-corrected chi connectivity index (χ2v) is 7.90. The van der Waals surface area contributed by atoms with E-state index in [0.29, 0.717) is 11.1 Å². The number of nitrogens with two attached hydrogens (primary N) is 1. The van der Waals surface area contributed by atoms with E-state index in [9.17, 15) is 9.59 Å². The Hall–Kier alpha value is -1.95. The smallest absolute Gasteiger partial charge is 0.253 e. The lowest BCUT2D eigenvalue weighted by Gasteiger charge is -2.14. The lowest BCUT2D eigenvalue weighted by Crippen LogP contribution is -2.41. The van der Waals surface area contributed by atoms with Crippen molar-refractivity contribution in [3.8, 4) is 0 Å². The van der Waals surface area contributed by atoms with Crippen LogP contribution in [0.15, 0.2) is 60.7 Å². The molecule has 0 heterocycles. The van der Waals surface area contributed by atoms with Crippen molar-refractivity contribution < 1.29 is 9.59 Å². The van der Waals surface area contributed by atoms with Gasteiger partial charge in [0.05, 0.1) is 0 Å². The van der Waals surface area contributed by atoms with Gasteiger partial charge in [0.2, 0.25) is 0 Å². The summed E-state index contributed by atoms with van der Waals surface area (Å²) in [6.07, 6.45) is 0. The Balaban J connectivity index is 0.000000930. The second-order valence-electron chi connectivity index (χ2n) is 7.56. The summed E-state index contributed by atoms with van der Waals surface area (Å²) in [7, 11) is 0. The van der Waals surface area contributed by atoms with Crippen LogP contribution in [0.25, 0.3) is 10.8 Å². The Kier molecular flexibility index (Phi) is 11.3. The Morgan fingerprint density at radius 3 is 2.00 bits per heavy atom. The molecular formula is C23H27Cl3N2O2. The molecule has 3 rings (SSSR count). The minimum atomic E-state index is -0.618. The van der Waals surface area contributed by atoms with E-state index in [1.807, 2.05) is 57.2 Å². The van der Waals surface area contributed by atoms with Crippen molar-refractivity contribution in [3.63, 3.8) is 0 Å². The minimum absolute atomic E-state index is 0. The average molecular weight is 470 g/mol. The number of fused-ring (bicyclic) bond motifs is 1. The van der Waals surface area contributed by atoms with Crippen molar-refractivity contribution in [1.29, 1.82) is 0 Å². The molecule has 0 fully saturated rings. The molecule has 0 saturated heterocycles. The van der Waals surface area contributed by atoms with Gasteiger partial charge in [-0.1, -0.05) is 48.5 Å². The molecule has 0 atom stereocenters. The first kappa shape index (κ1) is 28.1. The van der Waals surface area contributed by atoms with Gasteiger partial charge in [-0.25, -0.2) is 0 Å². The Morgan fingerprint density at radius 1 is 0.900 bits per heavy atom. The Morgan fingerprint density at radius 2 is 1.47 bits per heavy atom. The number of aryl methyl sites for hydroxylation is 1. The summed E-state index contributed by atoms with van der Waals surface area (Å²) in [5.74, 6) is 4.87. The summed E-state index contributed by atoms with van der Waals surface area (Å²) in [6, 6.07) is 18.5. The highest BCUT2D eigenvalue weighted by atomic mass is 35.5. The largest absolute Gasteiger partial charge is 0.289 e. The van der Waals surface area contributed by atoms with Gasteiger partial charge in [-0.15, -0.1) is 24.8 Å². The van der Waals surface area contributed by atoms with Gasteiger partial charge in [0, 0.05) is 22.2 Å². The maximum absolute atomic E-state index is 12.8. The molecule has 0 saturated carbocycles. The van der Waals surface area contributed by atoms with Crippen molar-refractivity contribution in [2.24, 2.45) is 5.84 Å². The fourth-order valence-electron chi connectivity index (χ4n) is 2.61. The van der Waals surface area contributed by atoms with E-state index < -0.39 is 5.24 Å². The molecule has 4 nitrogen and oxygen atoms in total. The first-order chi connectivity index (χ1) is 13.1. The predicted molar refractivity (Wildman–Crippen MR) is 130 cm³/mol. The maximum Gasteiger partial charge on any atom is 0.253 e. The topological polar surface area (TPSA) is 72.2 Å². The number of hydrogen-bond donors (Lipinski definition) is 2. The normalized spacial score (nSPS) is 10.2. The van der Waals surface area contributed by atoms with Gasteiger partial charge in [-0.2, -0.15) is 0 Å². The number of nitrogens with one attached hydrogen (secondary N) is 1. The van der Waals surface area contributed by atoms with E-state index in [0.717, 1.165) is 16.3 Å². The molecule has 3 aromatic carbocycles. The van der Waals surface area contributed by atoms with Crippen molar-refractivity contribution in [3.05, 3.63) is 82.9 Å². The van der Waals surface area contributed by atoms with Crippen molar-refractivity contribution in [2.75, 3.05) is 0 Å². The van der Waals surface area contributed by atoms with Gasteiger partial charge in [-0.05, 0) is 67.8 Å². The van der Waals surface area contributed by atoms with Crippen LogP contribution in [0.3, 0.4) is 0 Å². The first-order valence-electron chi connectivity index (χ1n) is 8.95. The average Bonchev–Trinajstić information content (AvgIpc) is 2.66. The Bertz CT molecular complexity index is 1010. The number of rotatable bonds is 3.